The van der Waals surface area contributed by atoms with Gasteiger partial charge in [-0.3, -0.25) is 9.78 Å². The summed E-state index contributed by atoms with van der Waals surface area (Å²) in [5.41, 5.74) is 1.67. The Morgan fingerprint density at radius 2 is 2.00 bits per heavy atom. The number of hydrogen-bond donors (Lipinski definition) is 0. The number of aryl methyl sites for hydroxylation is 1. The van der Waals surface area contributed by atoms with E-state index in [1.165, 1.54) is 0 Å². The summed E-state index contributed by atoms with van der Waals surface area (Å²) in [7, 11) is 0. The van der Waals surface area contributed by atoms with Crippen LogP contribution >= 0.6 is 0 Å². The molecule has 2 aromatic rings. The van der Waals surface area contributed by atoms with Crippen molar-refractivity contribution in [3.63, 3.8) is 0 Å². The van der Waals surface area contributed by atoms with Crippen LogP contribution in [0, 0.1) is 6.92 Å². The predicted octanol–water partition coefficient (Wildman–Crippen LogP) is 2.66. The first-order valence-corrected chi connectivity index (χ1v) is 8.83. The topological polar surface area (TPSA) is 62.2 Å². The molecule has 1 fully saturated rings. The number of nitrogens with zero attached hydrogens (tertiary/aromatic N) is 5. The minimum absolute atomic E-state index is 0.0589. The number of carbonyl (C=O) groups is 1. The maximum atomic E-state index is 12.7. The molecule has 25 heavy (non-hydrogen) atoms. The first-order chi connectivity index (χ1) is 12.0. The molecule has 0 N–H and O–H groups in total. The smallest absolute Gasteiger partial charge is 0.255 e. The normalized spacial score (nSPS) is 15.4. The van der Waals surface area contributed by atoms with E-state index in [1.807, 2.05) is 30.2 Å². The standard InChI is InChI=1S/C19H25N5O/c1-14(2)18-21-6-5-17(22-18)23-7-4-8-24(10-9-23)19(25)16-11-15(3)12-20-13-16/h5-6,11-14H,4,7-10H2,1-3H3. The largest absolute Gasteiger partial charge is 0.355 e. The molecule has 6 heteroatoms. The maximum absolute atomic E-state index is 12.7. The molecule has 1 saturated heterocycles. The molecule has 0 radical (unpaired) electrons. The van der Waals surface area contributed by atoms with E-state index in [0.29, 0.717) is 18.0 Å². The summed E-state index contributed by atoms with van der Waals surface area (Å²) in [5.74, 6) is 2.17. The van der Waals surface area contributed by atoms with Crippen LogP contribution in [0.5, 0.6) is 0 Å². The molecule has 1 aliphatic heterocycles. The van der Waals surface area contributed by atoms with Gasteiger partial charge in [0.2, 0.25) is 0 Å². The molecule has 0 bridgehead atoms. The van der Waals surface area contributed by atoms with Crippen LogP contribution in [0.15, 0.2) is 30.7 Å². The zero-order valence-corrected chi connectivity index (χ0v) is 15.1. The molecule has 0 spiro atoms. The molecule has 0 unspecified atom stereocenters. The quantitative estimate of drug-likeness (QED) is 0.860. The number of amides is 1. The summed E-state index contributed by atoms with van der Waals surface area (Å²) >= 11 is 0. The Labute approximate surface area is 148 Å². The van der Waals surface area contributed by atoms with Gasteiger partial charge in [0.1, 0.15) is 11.6 Å². The van der Waals surface area contributed by atoms with E-state index in [1.54, 1.807) is 12.4 Å². The van der Waals surface area contributed by atoms with Gasteiger partial charge in [0.15, 0.2) is 0 Å². The van der Waals surface area contributed by atoms with Crippen molar-refractivity contribution in [3.8, 4) is 0 Å². The molecular weight excluding hydrogens is 314 g/mol. The van der Waals surface area contributed by atoms with Gasteiger partial charge in [0.05, 0.1) is 5.56 Å². The second kappa shape index (κ2) is 7.59. The summed E-state index contributed by atoms with van der Waals surface area (Å²) in [6.45, 7) is 9.26. The number of aromatic nitrogens is 3. The Hall–Kier alpha value is -2.50. The first kappa shape index (κ1) is 17.3. The molecule has 3 heterocycles. The minimum atomic E-state index is 0.0589. The van der Waals surface area contributed by atoms with Gasteiger partial charge < -0.3 is 9.80 Å². The van der Waals surface area contributed by atoms with Gasteiger partial charge in [-0.05, 0) is 31.0 Å². The Bertz CT molecular complexity index is 746. The Kier molecular flexibility index (Phi) is 5.26. The fourth-order valence-corrected chi connectivity index (χ4v) is 3.02. The lowest BCUT2D eigenvalue weighted by Crippen LogP contribution is -2.35. The third-order valence-electron chi connectivity index (χ3n) is 4.40. The van der Waals surface area contributed by atoms with E-state index >= 15 is 0 Å². The van der Waals surface area contributed by atoms with E-state index in [9.17, 15) is 4.79 Å². The highest BCUT2D eigenvalue weighted by molar-refractivity contribution is 5.94. The van der Waals surface area contributed by atoms with Crippen molar-refractivity contribution in [2.24, 2.45) is 0 Å². The molecule has 2 aromatic heterocycles. The van der Waals surface area contributed by atoms with Crippen LogP contribution in [-0.2, 0) is 0 Å². The van der Waals surface area contributed by atoms with Crippen LogP contribution in [-0.4, -0.2) is 51.9 Å². The molecule has 6 nitrogen and oxygen atoms in total. The summed E-state index contributed by atoms with van der Waals surface area (Å²) in [5, 5.41) is 0. The summed E-state index contributed by atoms with van der Waals surface area (Å²) < 4.78 is 0. The Balaban J connectivity index is 1.70. The molecule has 0 aliphatic carbocycles. The zero-order chi connectivity index (χ0) is 17.8. The Morgan fingerprint density at radius 3 is 2.76 bits per heavy atom. The maximum Gasteiger partial charge on any atom is 0.255 e. The van der Waals surface area contributed by atoms with E-state index < -0.39 is 0 Å². The average molecular weight is 339 g/mol. The van der Waals surface area contributed by atoms with Gasteiger partial charge in [0, 0.05) is 50.7 Å². The lowest BCUT2D eigenvalue weighted by molar-refractivity contribution is 0.0766. The second-order valence-electron chi connectivity index (χ2n) is 6.81. The molecule has 1 aliphatic rings. The van der Waals surface area contributed by atoms with Crippen molar-refractivity contribution >= 4 is 11.7 Å². The third-order valence-corrected chi connectivity index (χ3v) is 4.40. The van der Waals surface area contributed by atoms with Crippen LogP contribution in [0.25, 0.3) is 0 Å². The van der Waals surface area contributed by atoms with Crippen LogP contribution in [0.1, 0.15) is 47.9 Å². The van der Waals surface area contributed by atoms with Crippen molar-refractivity contribution < 1.29 is 4.79 Å². The molecule has 0 atom stereocenters. The highest BCUT2D eigenvalue weighted by Crippen LogP contribution is 2.17. The van der Waals surface area contributed by atoms with E-state index in [-0.39, 0.29) is 5.91 Å². The first-order valence-electron chi connectivity index (χ1n) is 8.83. The van der Waals surface area contributed by atoms with Gasteiger partial charge in [-0.2, -0.15) is 0 Å². The predicted molar refractivity (Wildman–Crippen MR) is 97.8 cm³/mol. The highest BCUT2D eigenvalue weighted by Gasteiger charge is 2.21. The molecule has 3 rings (SSSR count). The lowest BCUT2D eigenvalue weighted by Gasteiger charge is -2.23. The van der Waals surface area contributed by atoms with Crippen LogP contribution < -0.4 is 4.90 Å². The van der Waals surface area contributed by atoms with Gasteiger partial charge in [-0.25, -0.2) is 9.97 Å². The average Bonchev–Trinajstić information content (AvgIpc) is 2.87. The number of rotatable bonds is 3. The van der Waals surface area contributed by atoms with Gasteiger partial charge >= 0.3 is 0 Å². The SMILES string of the molecule is Cc1cncc(C(=O)N2CCCN(c3ccnc(C(C)C)n3)CC2)c1. The monoisotopic (exact) mass is 339 g/mol. The van der Waals surface area contributed by atoms with Crippen LogP contribution in [0.4, 0.5) is 5.82 Å². The van der Waals surface area contributed by atoms with Crippen LogP contribution in [0.2, 0.25) is 0 Å². The third kappa shape index (κ3) is 4.13. The molecule has 0 aromatic carbocycles. The summed E-state index contributed by atoms with van der Waals surface area (Å²) in [6.07, 6.45) is 6.16. The lowest BCUT2D eigenvalue weighted by atomic mass is 10.2. The van der Waals surface area contributed by atoms with E-state index in [2.05, 4.69) is 33.7 Å². The van der Waals surface area contributed by atoms with E-state index in [0.717, 1.165) is 43.3 Å². The summed E-state index contributed by atoms with van der Waals surface area (Å²) in [6, 6.07) is 3.85. The minimum Gasteiger partial charge on any atom is -0.355 e. The Morgan fingerprint density at radius 1 is 1.16 bits per heavy atom. The van der Waals surface area contributed by atoms with Crippen molar-refractivity contribution in [2.45, 2.75) is 33.1 Å². The molecule has 1 amide bonds. The van der Waals surface area contributed by atoms with Crippen molar-refractivity contribution in [3.05, 3.63) is 47.7 Å². The van der Waals surface area contributed by atoms with E-state index in [4.69, 9.17) is 0 Å². The fraction of sp³-hybridized carbons (Fsp3) is 0.474. The second-order valence-corrected chi connectivity index (χ2v) is 6.81. The number of pyridine rings is 1. The van der Waals surface area contributed by atoms with Crippen molar-refractivity contribution in [1.29, 1.82) is 0 Å². The number of anilines is 1. The van der Waals surface area contributed by atoms with Gasteiger partial charge in [-0.15, -0.1) is 0 Å². The van der Waals surface area contributed by atoms with Crippen molar-refractivity contribution in [1.82, 2.24) is 19.9 Å². The molecule has 0 saturated carbocycles. The fourth-order valence-electron chi connectivity index (χ4n) is 3.02. The van der Waals surface area contributed by atoms with Gasteiger partial charge in [0.25, 0.3) is 5.91 Å². The number of carbonyl (C=O) groups excluding carboxylic acids is 1. The molecular formula is C19H25N5O. The molecule has 132 valence electrons. The summed E-state index contributed by atoms with van der Waals surface area (Å²) in [4.78, 5) is 30.1. The zero-order valence-electron chi connectivity index (χ0n) is 15.1. The van der Waals surface area contributed by atoms with Crippen LogP contribution in [0.3, 0.4) is 0 Å². The van der Waals surface area contributed by atoms with Gasteiger partial charge in [-0.1, -0.05) is 13.8 Å². The number of hydrogen-bond acceptors (Lipinski definition) is 5. The van der Waals surface area contributed by atoms with Crippen molar-refractivity contribution in [2.75, 3.05) is 31.1 Å². The highest BCUT2D eigenvalue weighted by atomic mass is 16.2.